The van der Waals surface area contributed by atoms with Crippen LogP contribution < -0.4 is 0 Å². The van der Waals surface area contributed by atoms with E-state index in [4.69, 9.17) is 9.84 Å². The van der Waals surface area contributed by atoms with Crippen molar-refractivity contribution in [3.05, 3.63) is 0 Å². The number of hydrogen-bond acceptors (Lipinski definition) is 2. The Hall–Kier alpha value is -0.570. The van der Waals surface area contributed by atoms with Crippen molar-refractivity contribution in [2.45, 2.75) is 6.42 Å². The SMILES string of the molecule is O=C(O)CC1C2COCC21. The molecule has 3 heteroatoms. The lowest BCUT2D eigenvalue weighted by molar-refractivity contribution is -0.137. The minimum absolute atomic E-state index is 0.346. The number of carbonyl (C=O) groups is 1. The molecule has 1 saturated heterocycles. The highest BCUT2D eigenvalue weighted by atomic mass is 16.5. The molecule has 0 aromatic carbocycles. The number of rotatable bonds is 2. The van der Waals surface area contributed by atoms with Crippen molar-refractivity contribution in [2.75, 3.05) is 13.2 Å². The molecule has 2 aliphatic rings. The quantitative estimate of drug-likeness (QED) is 0.605. The van der Waals surface area contributed by atoms with E-state index in [0.29, 0.717) is 24.2 Å². The van der Waals surface area contributed by atoms with Gasteiger partial charge in [-0.3, -0.25) is 4.79 Å². The molecule has 0 amide bonds. The molecule has 2 rings (SSSR count). The molecule has 0 aromatic heterocycles. The van der Waals surface area contributed by atoms with Crippen molar-refractivity contribution in [3.8, 4) is 0 Å². The summed E-state index contributed by atoms with van der Waals surface area (Å²) < 4.78 is 5.13. The lowest BCUT2D eigenvalue weighted by atomic mass is 10.2. The van der Waals surface area contributed by atoms with E-state index >= 15 is 0 Å². The Morgan fingerprint density at radius 2 is 2.10 bits per heavy atom. The Balaban J connectivity index is 1.84. The molecule has 1 aliphatic carbocycles. The highest BCUT2D eigenvalue weighted by molar-refractivity contribution is 5.67. The lowest BCUT2D eigenvalue weighted by Gasteiger charge is -1.98. The molecular weight excluding hydrogens is 132 g/mol. The third-order valence-electron chi connectivity index (χ3n) is 2.54. The van der Waals surface area contributed by atoms with Gasteiger partial charge in [-0.25, -0.2) is 0 Å². The van der Waals surface area contributed by atoms with Crippen LogP contribution in [0, 0.1) is 17.8 Å². The summed E-state index contributed by atoms with van der Waals surface area (Å²) in [6.45, 7) is 1.59. The van der Waals surface area contributed by atoms with Crippen LogP contribution in [-0.4, -0.2) is 24.3 Å². The van der Waals surface area contributed by atoms with Gasteiger partial charge in [-0.05, 0) is 17.8 Å². The van der Waals surface area contributed by atoms with Gasteiger partial charge in [0.2, 0.25) is 0 Å². The van der Waals surface area contributed by atoms with E-state index in [1.54, 1.807) is 0 Å². The van der Waals surface area contributed by atoms with Crippen LogP contribution in [0.1, 0.15) is 6.42 Å². The monoisotopic (exact) mass is 142 g/mol. The van der Waals surface area contributed by atoms with E-state index in [1.165, 1.54) is 0 Å². The molecule has 1 saturated carbocycles. The molecule has 2 unspecified atom stereocenters. The molecule has 0 bridgehead atoms. The first kappa shape index (κ1) is 6.16. The fourth-order valence-electron chi connectivity index (χ4n) is 1.86. The molecule has 2 atom stereocenters. The molecule has 1 heterocycles. The summed E-state index contributed by atoms with van der Waals surface area (Å²) in [5.41, 5.74) is 0. The minimum atomic E-state index is -0.667. The Morgan fingerprint density at radius 1 is 1.50 bits per heavy atom. The van der Waals surface area contributed by atoms with Gasteiger partial charge in [-0.2, -0.15) is 0 Å². The zero-order valence-corrected chi connectivity index (χ0v) is 5.62. The third kappa shape index (κ3) is 0.814. The summed E-state index contributed by atoms with van der Waals surface area (Å²) in [4.78, 5) is 10.2. The maximum Gasteiger partial charge on any atom is 0.303 e. The first-order valence-corrected chi connectivity index (χ1v) is 3.58. The van der Waals surface area contributed by atoms with Gasteiger partial charge in [-0.1, -0.05) is 0 Å². The lowest BCUT2D eigenvalue weighted by Crippen LogP contribution is -2.03. The van der Waals surface area contributed by atoms with Gasteiger partial charge in [0.05, 0.1) is 13.2 Å². The average molecular weight is 142 g/mol. The van der Waals surface area contributed by atoms with Gasteiger partial charge in [0.15, 0.2) is 0 Å². The number of hydrogen-bond donors (Lipinski definition) is 1. The van der Waals surface area contributed by atoms with Gasteiger partial charge >= 0.3 is 5.97 Å². The largest absolute Gasteiger partial charge is 0.481 e. The van der Waals surface area contributed by atoms with Crippen molar-refractivity contribution in [1.29, 1.82) is 0 Å². The summed E-state index contributed by atoms with van der Waals surface area (Å²) in [5, 5.41) is 8.44. The number of ether oxygens (including phenoxy) is 1. The van der Waals surface area contributed by atoms with Crippen LogP contribution in [-0.2, 0) is 9.53 Å². The second-order valence-electron chi connectivity index (χ2n) is 3.13. The second-order valence-corrected chi connectivity index (χ2v) is 3.13. The maximum absolute atomic E-state index is 10.2. The standard InChI is InChI=1S/C7H10O3/c8-7(9)1-4-5-2-10-3-6(4)5/h4-6H,1-3H2,(H,8,9). The molecule has 1 N–H and O–H groups in total. The van der Waals surface area contributed by atoms with Gasteiger partial charge in [0.25, 0.3) is 0 Å². The van der Waals surface area contributed by atoms with Crippen LogP contribution in [0.2, 0.25) is 0 Å². The van der Waals surface area contributed by atoms with Crippen LogP contribution in [0.3, 0.4) is 0 Å². The van der Waals surface area contributed by atoms with Crippen LogP contribution >= 0.6 is 0 Å². The predicted molar refractivity (Wildman–Crippen MR) is 33.5 cm³/mol. The molecule has 0 spiro atoms. The van der Waals surface area contributed by atoms with Crippen molar-refractivity contribution in [2.24, 2.45) is 17.8 Å². The normalized spacial score (nSPS) is 43.0. The molecule has 1 aliphatic heterocycles. The first-order chi connectivity index (χ1) is 4.79. The Kier molecular flexibility index (Phi) is 1.20. The average Bonchev–Trinajstić information content (AvgIpc) is 2.40. The van der Waals surface area contributed by atoms with Crippen LogP contribution in [0.4, 0.5) is 0 Å². The fraction of sp³-hybridized carbons (Fsp3) is 0.857. The van der Waals surface area contributed by atoms with Gasteiger partial charge in [0.1, 0.15) is 0 Å². The molecular formula is C7H10O3. The zero-order chi connectivity index (χ0) is 7.14. The summed E-state index contributed by atoms with van der Waals surface area (Å²) in [7, 11) is 0. The van der Waals surface area contributed by atoms with E-state index in [9.17, 15) is 4.79 Å². The summed E-state index contributed by atoms with van der Waals surface area (Å²) >= 11 is 0. The molecule has 10 heavy (non-hydrogen) atoms. The van der Waals surface area contributed by atoms with Gasteiger partial charge in [0, 0.05) is 6.42 Å². The van der Waals surface area contributed by atoms with Crippen LogP contribution in [0.15, 0.2) is 0 Å². The first-order valence-electron chi connectivity index (χ1n) is 3.58. The van der Waals surface area contributed by atoms with Crippen molar-refractivity contribution in [1.82, 2.24) is 0 Å². The molecule has 56 valence electrons. The smallest absolute Gasteiger partial charge is 0.303 e. The number of fused-ring (bicyclic) bond motifs is 1. The van der Waals surface area contributed by atoms with Crippen LogP contribution in [0.5, 0.6) is 0 Å². The molecule has 0 radical (unpaired) electrons. The van der Waals surface area contributed by atoms with Crippen molar-refractivity contribution >= 4 is 5.97 Å². The minimum Gasteiger partial charge on any atom is -0.481 e. The van der Waals surface area contributed by atoms with E-state index < -0.39 is 5.97 Å². The topological polar surface area (TPSA) is 46.5 Å². The van der Waals surface area contributed by atoms with Crippen molar-refractivity contribution in [3.63, 3.8) is 0 Å². The van der Waals surface area contributed by atoms with E-state index in [0.717, 1.165) is 13.2 Å². The number of aliphatic carboxylic acids is 1. The maximum atomic E-state index is 10.2. The van der Waals surface area contributed by atoms with Gasteiger partial charge in [-0.15, -0.1) is 0 Å². The fourth-order valence-corrected chi connectivity index (χ4v) is 1.86. The number of carboxylic acid groups (broad SMARTS) is 1. The Labute approximate surface area is 59.0 Å². The molecule has 3 nitrogen and oxygen atoms in total. The molecule has 0 aromatic rings. The second kappa shape index (κ2) is 1.95. The van der Waals surface area contributed by atoms with Gasteiger partial charge < -0.3 is 9.84 Å². The van der Waals surface area contributed by atoms with E-state index in [2.05, 4.69) is 0 Å². The third-order valence-corrected chi connectivity index (χ3v) is 2.54. The van der Waals surface area contributed by atoms with E-state index in [1.807, 2.05) is 0 Å². The van der Waals surface area contributed by atoms with Crippen LogP contribution in [0.25, 0.3) is 0 Å². The van der Waals surface area contributed by atoms with Crippen molar-refractivity contribution < 1.29 is 14.6 Å². The highest BCUT2D eigenvalue weighted by Crippen LogP contribution is 2.52. The summed E-state index contributed by atoms with van der Waals surface area (Å²) in [6, 6.07) is 0. The zero-order valence-electron chi connectivity index (χ0n) is 5.62. The molecule has 2 fully saturated rings. The summed E-state index contributed by atoms with van der Waals surface area (Å²) in [5.74, 6) is 0.929. The Bertz CT molecular complexity index is 156. The summed E-state index contributed by atoms with van der Waals surface area (Å²) in [6.07, 6.45) is 0.346. The Morgan fingerprint density at radius 3 is 2.60 bits per heavy atom. The predicted octanol–water partition coefficient (Wildman–Crippen LogP) is 0.354. The highest BCUT2D eigenvalue weighted by Gasteiger charge is 2.54. The van der Waals surface area contributed by atoms with E-state index in [-0.39, 0.29) is 0 Å². The number of carboxylic acids is 1.